The van der Waals surface area contributed by atoms with Gasteiger partial charge in [0.05, 0.1) is 0 Å². The SMILES string of the molecule is O.O.O.O.O=S(=O)([O-])[O-].[Na+].[Na+]. The summed E-state index contributed by atoms with van der Waals surface area (Å²) in [5, 5.41) is 0. The van der Waals surface area contributed by atoms with Crippen molar-refractivity contribution in [2.24, 2.45) is 0 Å². The Kier molecular flexibility index (Phi) is 110. The fourth-order valence-corrected chi connectivity index (χ4v) is 0. The van der Waals surface area contributed by atoms with Crippen LogP contribution in [0.4, 0.5) is 0 Å². The van der Waals surface area contributed by atoms with Gasteiger partial charge < -0.3 is 31.0 Å². The molecule has 0 aromatic rings. The fraction of sp³-hybridized carbons (Fsp3) is 0. The molecule has 0 aromatic heterocycles. The van der Waals surface area contributed by atoms with Crippen LogP contribution in [0.1, 0.15) is 0 Å². The normalized spacial score (nSPS) is 5.27. The van der Waals surface area contributed by atoms with Gasteiger partial charge in [-0.1, -0.05) is 0 Å². The van der Waals surface area contributed by atoms with Crippen LogP contribution in [0.2, 0.25) is 0 Å². The van der Waals surface area contributed by atoms with Crippen molar-refractivity contribution < 1.29 is 98.5 Å². The zero-order valence-electron chi connectivity index (χ0n) is 6.04. The third-order valence-corrected chi connectivity index (χ3v) is 0. The predicted octanol–water partition coefficient (Wildman–Crippen LogP) is -10.6. The van der Waals surface area contributed by atoms with Gasteiger partial charge in [0, 0.05) is 10.4 Å². The van der Waals surface area contributed by atoms with Crippen molar-refractivity contribution in [1.29, 1.82) is 0 Å². The van der Waals surface area contributed by atoms with E-state index in [0.29, 0.717) is 0 Å². The Labute approximate surface area is 108 Å². The van der Waals surface area contributed by atoms with Gasteiger partial charge in [0.15, 0.2) is 0 Å². The molecule has 0 spiro atoms. The zero-order chi connectivity index (χ0) is 4.50. The molecular formula is H8Na2O8S. The minimum absolute atomic E-state index is 0. The van der Waals surface area contributed by atoms with E-state index in [9.17, 15) is 0 Å². The topological polar surface area (TPSA) is 206 Å². The standard InChI is InChI=1S/2Na.H2O4S.4H2O/c;;1-5(2,3)4;;;;/h;;(H2,1,2,3,4);4*1H2/q2*+1;;;;;/p-2. The molecule has 11 heavy (non-hydrogen) atoms. The average Bonchev–Trinajstić information content (AvgIpc) is 0.722. The molecule has 0 aliphatic heterocycles. The van der Waals surface area contributed by atoms with Crippen LogP contribution in [0.3, 0.4) is 0 Å². The van der Waals surface area contributed by atoms with Gasteiger partial charge in [0.1, 0.15) is 0 Å². The van der Waals surface area contributed by atoms with E-state index in [1.807, 2.05) is 0 Å². The first-order valence-corrected chi connectivity index (χ1v) is 2.00. The quantitative estimate of drug-likeness (QED) is 0.218. The van der Waals surface area contributed by atoms with Crippen molar-refractivity contribution in [2.45, 2.75) is 0 Å². The maximum Gasteiger partial charge on any atom is 1.00 e. The summed E-state index contributed by atoms with van der Waals surface area (Å²) in [4.78, 5) is 0. The van der Waals surface area contributed by atoms with Crippen molar-refractivity contribution in [3.8, 4) is 0 Å². The maximum atomic E-state index is 8.52. The van der Waals surface area contributed by atoms with Crippen molar-refractivity contribution in [3.63, 3.8) is 0 Å². The van der Waals surface area contributed by atoms with Gasteiger partial charge >= 0.3 is 59.1 Å². The molecule has 0 amide bonds. The van der Waals surface area contributed by atoms with Crippen LogP contribution in [0, 0.1) is 0 Å². The van der Waals surface area contributed by atoms with E-state index in [1.54, 1.807) is 0 Å². The molecule has 64 valence electrons. The first-order valence-electron chi connectivity index (χ1n) is 0.667. The molecule has 0 saturated carbocycles. The Hall–Kier alpha value is 1.71. The molecule has 0 rings (SSSR count). The molecule has 0 aromatic carbocycles. The van der Waals surface area contributed by atoms with Gasteiger partial charge in [0.2, 0.25) is 0 Å². The Morgan fingerprint density at radius 1 is 0.727 bits per heavy atom. The first-order chi connectivity index (χ1) is 2.00. The predicted molar refractivity (Wildman–Crippen MR) is 24.9 cm³/mol. The zero-order valence-corrected chi connectivity index (χ0v) is 10.9. The van der Waals surface area contributed by atoms with E-state index >= 15 is 0 Å². The molecule has 8 N–H and O–H groups in total. The molecule has 0 bridgehead atoms. The van der Waals surface area contributed by atoms with Crippen LogP contribution >= 0.6 is 0 Å². The average molecular weight is 214 g/mol. The summed E-state index contributed by atoms with van der Waals surface area (Å²) in [6.45, 7) is 0. The summed E-state index contributed by atoms with van der Waals surface area (Å²) in [5.74, 6) is 0. The van der Waals surface area contributed by atoms with Crippen LogP contribution in [-0.2, 0) is 10.4 Å². The number of rotatable bonds is 0. The van der Waals surface area contributed by atoms with E-state index in [4.69, 9.17) is 17.5 Å². The smallest absolute Gasteiger partial charge is 0.759 e. The van der Waals surface area contributed by atoms with Gasteiger partial charge in [-0.3, -0.25) is 8.42 Å². The van der Waals surface area contributed by atoms with E-state index in [-0.39, 0.29) is 81.0 Å². The minimum Gasteiger partial charge on any atom is -0.759 e. The third-order valence-electron chi connectivity index (χ3n) is 0. The van der Waals surface area contributed by atoms with Crippen LogP contribution < -0.4 is 59.1 Å². The largest absolute Gasteiger partial charge is 1.00 e. The number of hydrogen-bond acceptors (Lipinski definition) is 4. The van der Waals surface area contributed by atoms with Gasteiger partial charge in [-0.25, -0.2) is 0 Å². The molecule has 0 aliphatic rings. The summed E-state index contributed by atoms with van der Waals surface area (Å²) in [5.41, 5.74) is 0. The fourth-order valence-electron chi connectivity index (χ4n) is 0. The van der Waals surface area contributed by atoms with Crippen LogP contribution in [0.25, 0.3) is 0 Å². The summed E-state index contributed by atoms with van der Waals surface area (Å²) in [7, 11) is -5.17. The summed E-state index contributed by atoms with van der Waals surface area (Å²) < 4.78 is 34.1. The van der Waals surface area contributed by atoms with Crippen LogP contribution in [0.5, 0.6) is 0 Å². The second-order valence-electron chi connectivity index (χ2n) is 0.408. The second kappa shape index (κ2) is 22.6. The van der Waals surface area contributed by atoms with Crippen molar-refractivity contribution in [1.82, 2.24) is 0 Å². The Morgan fingerprint density at radius 3 is 0.727 bits per heavy atom. The molecular weight excluding hydrogens is 206 g/mol. The van der Waals surface area contributed by atoms with Gasteiger partial charge in [-0.05, 0) is 0 Å². The molecule has 8 nitrogen and oxygen atoms in total. The summed E-state index contributed by atoms with van der Waals surface area (Å²) in [6.07, 6.45) is 0. The molecule has 0 fully saturated rings. The Balaban J connectivity index is -0.00000000533. The van der Waals surface area contributed by atoms with Crippen molar-refractivity contribution in [3.05, 3.63) is 0 Å². The molecule has 0 unspecified atom stereocenters. The van der Waals surface area contributed by atoms with E-state index < -0.39 is 10.4 Å². The van der Waals surface area contributed by atoms with Gasteiger partial charge in [0.25, 0.3) is 0 Å². The number of hydrogen-bond donors (Lipinski definition) is 0. The van der Waals surface area contributed by atoms with Gasteiger partial charge in [-0.2, -0.15) is 0 Å². The third kappa shape index (κ3) is 378. The molecule has 0 saturated heterocycles. The molecule has 0 heterocycles. The summed E-state index contributed by atoms with van der Waals surface area (Å²) in [6, 6.07) is 0. The second-order valence-corrected chi connectivity index (χ2v) is 1.22. The molecule has 0 radical (unpaired) electrons. The van der Waals surface area contributed by atoms with Gasteiger partial charge in [-0.15, -0.1) is 0 Å². The maximum absolute atomic E-state index is 8.52. The van der Waals surface area contributed by atoms with Crippen LogP contribution in [-0.4, -0.2) is 39.4 Å². The van der Waals surface area contributed by atoms with Crippen molar-refractivity contribution in [2.75, 3.05) is 0 Å². The monoisotopic (exact) mass is 214 g/mol. The minimum atomic E-state index is -5.17. The van der Waals surface area contributed by atoms with Crippen molar-refractivity contribution >= 4 is 10.4 Å². The Morgan fingerprint density at radius 2 is 0.727 bits per heavy atom. The van der Waals surface area contributed by atoms with Crippen LogP contribution in [0.15, 0.2) is 0 Å². The van der Waals surface area contributed by atoms with E-state index in [0.717, 1.165) is 0 Å². The van der Waals surface area contributed by atoms with E-state index in [1.165, 1.54) is 0 Å². The summed E-state index contributed by atoms with van der Waals surface area (Å²) >= 11 is 0. The molecule has 0 atom stereocenters. The molecule has 11 heteroatoms. The van der Waals surface area contributed by atoms with E-state index in [2.05, 4.69) is 0 Å². The Bertz CT molecular complexity index is 95.3. The molecule has 0 aliphatic carbocycles. The first kappa shape index (κ1) is 53.5.